The highest BCUT2D eigenvalue weighted by molar-refractivity contribution is 6.07. The molecule has 0 atom stereocenters. The summed E-state index contributed by atoms with van der Waals surface area (Å²) in [6.45, 7) is 0. The number of rotatable bonds is 1. The Morgan fingerprint density at radius 2 is 2.12 bits per heavy atom. The number of aryl methyl sites for hydroxylation is 1. The van der Waals surface area contributed by atoms with E-state index in [1.165, 1.54) is 10.9 Å². The summed E-state index contributed by atoms with van der Waals surface area (Å²) in [6, 6.07) is 10.4. The molecule has 3 heteroatoms. The standard InChI is InChI=1S/C14H11N3/c1-17-13-5-7-16-9-12(13)11-3-2-10(4-6-15)8-14(11)17/h2-3,5,7-9H,4H2,1H3. The first-order chi connectivity index (χ1) is 8.31. The molecule has 2 heterocycles. The number of benzene rings is 1. The van der Waals surface area contributed by atoms with Crippen LogP contribution in [-0.4, -0.2) is 9.55 Å². The first kappa shape index (κ1) is 9.86. The molecule has 17 heavy (non-hydrogen) atoms. The first-order valence-corrected chi connectivity index (χ1v) is 5.49. The SMILES string of the molecule is Cn1c2ccncc2c2ccc(CC#N)cc21. The molecule has 3 aromatic rings. The lowest BCUT2D eigenvalue weighted by Crippen LogP contribution is -1.88. The molecule has 3 nitrogen and oxygen atoms in total. The summed E-state index contributed by atoms with van der Waals surface area (Å²) in [6.07, 6.45) is 4.15. The maximum atomic E-state index is 8.73. The Bertz CT molecular complexity index is 747. The third-order valence-corrected chi connectivity index (χ3v) is 3.16. The van der Waals surface area contributed by atoms with Crippen molar-refractivity contribution < 1.29 is 0 Å². The van der Waals surface area contributed by atoms with Gasteiger partial charge in [-0.3, -0.25) is 4.98 Å². The fourth-order valence-corrected chi connectivity index (χ4v) is 2.30. The second-order valence-corrected chi connectivity index (χ2v) is 4.14. The molecule has 3 rings (SSSR count). The highest BCUT2D eigenvalue weighted by Gasteiger charge is 2.08. The van der Waals surface area contributed by atoms with Crippen LogP contribution in [0.5, 0.6) is 0 Å². The van der Waals surface area contributed by atoms with Crippen LogP contribution in [-0.2, 0) is 13.5 Å². The van der Waals surface area contributed by atoms with Gasteiger partial charge in [-0.05, 0) is 17.7 Å². The van der Waals surface area contributed by atoms with Gasteiger partial charge in [-0.1, -0.05) is 12.1 Å². The Hall–Kier alpha value is -2.34. The van der Waals surface area contributed by atoms with E-state index in [0.29, 0.717) is 6.42 Å². The molecule has 0 aliphatic rings. The summed E-state index contributed by atoms with van der Waals surface area (Å²) < 4.78 is 2.15. The lowest BCUT2D eigenvalue weighted by Gasteiger charge is -1.99. The fourth-order valence-electron chi connectivity index (χ4n) is 2.30. The molecular weight excluding hydrogens is 210 g/mol. The van der Waals surface area contributed by atoms with Gasteiger partial charge in [-0.25, -0.2) is 0 Å². The molecule has 2 aromatic heterocycles. The maximum absolute atomic E-state index is 8.73. The minimum absolute atomic E-state index is 0.454. The van der Waals surface area contributed by atoms with Crippen molar-refractivity contribution in [2.24, 2.45) is 7.05 Å². The Morgan fingerprint density at radius 1 is 1.24 bits per heavy atom. The Morgan fingerprint density at radius 3 is 2.94 bits per heavy atom. The van der Waals surface area contributed by atoms with Crippen LogP contribution < -0.4 is 0 Å². The van der Waals surface area contributed by atoms with Crippen LogP contribution in [0.4, 0.5) is 0 Å². The van der Waals surface area contributed by atoms with Gasteiger partial charge >= 0.3 is 0 Å². The van der Waals surface area contributed by atoms with E-state index >= 15 is 0 Å². The molecular formula is C14H11N3. The smallest absolute Gasteiger partial charge is 0.0669 e. The zero-order valence-electron chi connectivity index (χ0n) is 9.51. The van der Waals surface area contributed by atoms with Crippen LogP contribution >= 0.6 is 0 Å². The average molecular weight is 221 g/mol. The van der Waals surface area contributed by atoms with Crippen molar-refractivity contribution in [3.63, 3.8) is 0 Å². The molecule has 0 fully saturated rings. The van der Waals surface area contributed by atoms with E-state index < -0.39 is 0 Å². The number of pyridine rings is 1. The summed E-state index contributed by atoms with van der Waals surface area (Å²) in [7, 11) is 2.04. The number of nitriles is 1. The van der Waals surface area contributed by atoms with Crippen LogP contribution in [0.25, 0.3) is 21.8 Å². The van der Waals surface area contributed by atoms with Gasteiger partial charge in [-0.15, -0.1) is 0 Å². The van der Waals surface area contributed by atoms with Gasteiger partial charge in [0.05, 0.1) is 18.0 Å². The number of fused-ring (bicyclic) bond motifs is 3. The van der Waals surface area contributed by atoms with E-state index in [2.05, 4.69) is 27.8 Å². The predicted molar refractivity (Wildman–Crippen MR) is 67.5 cm³/mol. The molecule has 0 aliphatic carbocycles. The molecule has 0 radical (unpaired) electrons. The molecule has 82 valence electrons. The average Bonchev–Trinajstić information content (AvgIpc) is 2.65. The molecule has 0 saturated heterocycles. The lowest BCUT2D eigenvalue weighted by atomic mass is 10.1. The van der Waals surface area contributed by atoms with Gasteiger partial charge in [0.15, 0.2) is 0 Å². The van der Waals surface area contributed by atoms with Crippen LogP contribution in [0.15, 0.2) is 36.7 Å². The van der Waals surface area contributed by atoms with Crippen molar-refractivity contribution in [3.05, 3.63) is 42.2 Å². The van der Waals surface area contributed by atoms with E-state index in [0.717, 1.165) is 16.5 Å². The molecule has 0 bridgehead atoms. The monoisotopic (exact) mass is 221 g/mol. The second-order valence-electron chi connectivity index (χ2n) is 4.14. The highest BCUT2D eigenvalue weighted by Crippen LogP contribution is 2.27. The van der Waals surface area contributed by atoms with Crippen LogP contribution in [0.3, 0.4) is 0 Å². The zero-order valence-corrected chi connectivity index (χ0v) is 9.51. The molecule has 0 spiro atoms. The highest BCUT2D eigenvalue weighted by atomic mass is 14.9. The molecule has 0 saturated carbocycles. The molecule has 0 N–H and O–H groups in total. The molecule has 1 aromatic carbocycles. The van der Waals surface area contributed by atoms with E-state index in [1.54, 1.807) is 6.20 Å². The van der Waals surface area contributed by atoms with Gasteiger partial charge in [-0.2, -0.15) is 5.26 Å². The molecule has 0 aliphatic heterocycles. The number of nitrogens with zero attached hydrogens (tertiary/aromatic N) is 3. The van der Waals surface area contributed by atoms with Crippen LogP contribution in [0.1, 0.15) is 5.56 Å². The third kappa shape index (κ3) is 1.38. The number of hydrogen-bond acceptors (Lipinski definition) is 2. The van der Waals surface area contributed by atoms with Crippen molar-refractivity contribution in [1.82, 2.24) is 9.55 Å². The molecule has 0 amide bonds. The first-order valence-electron chi connectivity index (χ1n) is 5.49. The normalized spacial score (nSPS) is 10.8. The molecule has 0 unspecified atom stereocenters. The van der Waals surface area contributed by atoms with Gasteiger partial charge in [0.2, 0.25) is 0 Å². The zero-order chi connectivity index (χ0) is 11.8. The summed E-state index contributed by atoms with van der Waals surface area (Å²) >= 11 is 0. The Kier molecular flexibility index (Phi) is 2.09. The van der Waals surface area contributed by atoms with E-state index in [9.17, 15) is 0 Å². The minimum Gasteiger partial charge on any atom is -0.344 e. The van der Waals surface area contributed by atoms with Crippen molar-refractivity contribution in [3.8, 4) is 6.07 Å². The quantitative estimate of drug-likeness (QED) is 0.634. The third-order valence-electron chi connectivity index (χ3n) is 3.16. The Balaban J connectivity index is 2.41. The summed E-state index contributed by atoms with van der Waals surface area (Å²) in [5.41, 5.74) is 3.38. The largest absolute Gasteiger partial charge is 0.344 e. The van der Waals surface area contributed by atoms with Crippen molar-refractivity contribution >= 4 is 21.8 Å². The topological polar surface area (TPSA) is 41.6 Å². The lowest BCUT2D eigenvalue weighted by molar-refractivity contribution is 1.01. The van der Waals surface area contributed by atoms with Crippen molar-refractivity contribution in [2.45, 2.75) is 6.42 Å². The summed E-state index contributed by atoms with van der Waals surface area (Å²) in [5.74, 6) is 0. The fraction of sp³-hybridized carbons (Fsp3) is 0.143. The summed E-state index contributed by atoms with van der Waals surface area (Å²) in [4.78, 5) is 4.17. The van der Waals surface area contributed by atoms with Gasteiger partial charge in [0.1, 0.15) is 0 Å². The minimum atomic E-state index is 0.454. The number of aromatic nitrogens is 2. The van der Waals surface area contributed by atoms with Crippen molar-refractivity contribution in [2.75, 3.05) is 0 Å². The summed E-state index contributed by atoms with van der Waals surface area (Å²) in [5, 5.41) is 11.1. The predicted octanol–water partition coefficient (Wildman–Crippen LogP) is 2.79. The van der Waals surface area contributed by atoms with Gasteiger partial charge < -0.3 is 4.57 Å². The van der Waals surface area contributed by atoms with Gasteiger partial charge in [0.25, 0.3) is 0 Å². The second kappa shape index (κ2) is 3.60. The van der Waals surface area contributed by atoms with E-state index in [4.69, 9.17) is 5.26 Å². The van der Waals surface area contributed by atoms with E-state index in [-0.39, 0.29) is 0 Å². The Labute approximate surface area is 98.9 Å². The van der Waals surface area contributed by atoms with Gasteiger partial charge in [0, 0.05) is 35.7 Å². The van der Waals surface area contributed by atoms with E-state index in [1.807, 2.05) is 25.4 Å². The van der Waals surface area contributed by atoms with Crippen LogP contribution in [0, 0.1) is 11.3 Å². The number of hydrogen-bond donors (Lipinski definition) is 0. The maximum Gasteiger partial charge on any atom is 0.0669 e. The van der Waals surface area contributed by atoms with Crippen LogP contribution in [0.2, 0.25) is 0 Å². The van der Waals surface area contributed by atoms with Crippen molar-refractivity contribution in [1.29, 1.82) is 5.26 Å².